The molecule has 5 heteroatoms. The van der Waals surface area contributed by atoms with Crippen molar-refractivity contribution in [2.75, 3.05) is 18.0 Å². The van der Waals surface area contributed by atoms with E-state index in [9.17, 15) is 4.79 Å². The smallest absolute Gasteiger partial charge is 0.154 e. The van der Waals surface area contributed by atoms with Crippen LogP contribution in [0.15, 0.2) is 18.5 Å². The number of ketones is 1. The van der Waals surface area contributed by atoms with E-state index in [4.69, 9.17) is 0 Å². The molecule has 3 rings (SSSR count). The maximum absolute atomic E-state index is 11.4. The average molecular weight is 258 g/mol. The molecule has 1 saturated heterocycles. The third kappa shape index (κ3) is 2.20. The minimum atomic E-state index is 0.225. The fraction of sp³-hybridized carbons (Fsp3) is 0.500. The SMILES string of the molecule is CC(=O)C1CCN(c2nccn3nc(C)cc23)CC1. The summed E-state index contributed by atoms with van der Waals surface area (Å²) < 4.78 is 1.87. The third-order valence-corrected chi connectivity index (χ3v) is 3.86. The van der Waals surface area contributed by atoms with Crippen molar-refractivity contribution in [1.82, 2.24) is 14.6 Å². The van der Waals surface area contributed by atoms with E-state index >= 15 is 0 Å². The lowest BCUT2D eigenvalue weighted by Gasteiger charge is -2.31. The molecule has 0 bridgehead atoms. The summed E-state index contributed by atoms with van der Waals surface area (Å²) in [5.74, 6) is 1.51. The van der Waals surface area contributed by atoms with Crippen LogP contribution in [0.5, 0.6) is 0 Å². The first-order valence-corrected chi connectivity index (χ1v) is 6.71. The molecule has 19 heavy (non-hydrogen) atoms. The van der Waals surface area contributed by atoms with Crippen LogP contribution in [0, 0.1) is 12.8 Å². The van der Waals surface area contributed by atoms with E-state index in [1.807, 2.05) is 17.6 Å². The maximum Gasteiger partial charge on any atom is 0.154 e. The van der Waals surface area contributed by atoms with Crippen molar-refractivity contribution in [2.45, 2.75) is 26.7 Å². The Bertz CT molecular complexity index is 611. The molecule has 0 N–H and O–H groups in total. The molecule has 0 radical (unpaired) electrons. The summed E-state index contributed by atoms with van der Waals surface area (Å²) in [6, 6.07) is 2.05. The van der Waals surface area contributed by atoms with Crippen LogP contribution >= 0.6 is 0 Å². The van der Waals surface area contributed by atoms with Crippen molar-refractivity contribution >= 4 is 17.1 Å². The number of carbonyl (C=O) groups is 1. The fourth-order valence-electron chi connectivity index (χ4n) is 2.77. The molecule has 100 valence electrons. The largest absolute Gasteiger partial charge is 0.355 e. The van der Waals surface area contributed by atoms with Crippen molar-refractivity contribution in [3.05, 3.63) is 24.2 Å². The minimum Gasteiger partial charge on any atom is -0.355 e. The zero-order valence-electron chi connectivity index (χ0n) is 11.3. The standard InChI is InChI=1S/C14H18N4O/c1-10-9-13-14(15-5-8-18(13)16-10)17-6-3-12(4-7-17)11(2)19/h5,8-9,12H,3-4,6-7H2,1-2H3. The van der Waals surface area contributed by atoms with Crippen molar-refractivity contribution < 1.29 is 4.79 Å². The van der Waals surface area contributed by atoms with Crippen molar-refractivity contribution in [2.24, 2.45) is 5.92 Å². The van der Waals surface area contributed by atoms with E-state index in [1.54, 1.807) is 13.1 Å². The predicted molar refractivity (Wildman–Crippen MR) is 73.3 cm³/mol. The van der Waals surface area contributed by atoms with E-state index in [0.717, 1.165) is 43.0 Å². The second kappa shape index (κ2) is 4.64. The van der Waals surface area contributed by atoms with Crippen molar-refractivity contribution in [3.8, 4) is 0 Å². The number of anilines is 1. The Hall–Kier alpha value is -1.91. The summed E-state index contributed by atoms with van der Waals surface area (Å²) in [4.78, 5) is 18.2. The molecule has 0 aromatic carbocycles. The average Bonchev–Trinajstić information content (AvgIpc) is 2.78. The maximum atomic E-state index is 11.4. The number of aryl methyl sites for hydroxylation is 1. The Morgan fingerprint density at radius 1 is 1.37 bits per heavy atom. The Balaban J connectivity index is 1.87. The lowest BCUT2D eigenvalue weighted by atomic mass is 9.93. The molecule has 2 aromatic heterocycles. The van der Waals surface area contributed by atoms with E-state index in [0.29, 0.717) is 5.78 Å². The van der Waals surface area contributed by atoms with Gasteiger partial charge in [-0.25, -0.2) is 9.50 Å². The van der Waals surface area contributed by atoms with Crippen LogP contribution in [0.1, 0.15) is 25.5 Å². The predicted octanol–water partition coefficient (Wildman–Crippen LogP) is 1.84. The number of aromatic nitrogens is 3. The first-order chi connectivity index (χ1) is 9.15. The van der Waals surface area contributed by atoms with Gasteiger partial charge in [0.15, 0.2) is 5.82 Å². The molecule has 0 unspecified atom stereocenters. The molecule has 0 amide bonds. The second-order valence-electron chi connectivity index (χ2n) is 5.24. The van der Waals surface area contributed by atoms with Gasteiger partial charge < -0.3 is 4.90 Å². The van der Waals surface area contributed by atoms with E-state index in [1.165, 1.54) is 0 Å². The molecule has 3 heterocycles. The molecule has 1 fully saturated rings. The summed E-state index contributed by atoms with van der Waals surface area (Å²) in [5.41, 5.74) is 2.04. The first-order valence-electron chi connectivity index (χ1n) is 6.71. The van der Waals surface area contributed by atoms with Gasteiger partial charge >= 0.3 is 0 Å². The number of nitrogens with zero attached hydrogens (tertiary/aromatic N) is 4. The highest BCUT2D eigenvalue weighted by atomic mass is 16.1. The zero-order valence-corrected chi connectivity index (χ0v) is 11.3. The topological polar surface area (TPSA) is 50.5 Å². The number of fused-ring (bicyclic) bond motifs is 1. The van der Waals surface area contributed by atoms with Crippen molar-refractivity contribution in [1.29, 1.82) is 0 Å². The molecular formula is C14H18N4O. The molecule has 0 saturated carbocycles. The molecule has 5 nitrogen and oxygen atoms in total. The number of Topliss-reactive ketones (excluding diaryl/α,β-unsaturated/α-hetero) is 1. The monoisotopic (exact) mass is 258 g/mol. The van der Waals surface area contributed by atoms with E-state index < -0.39 is 0 Å². The Kier molecular flexibility index (Phi) is 2.97. The minimum absolute atomic E-state index is 0.225. The van der Waals surface area contributed by atoms with Crippen LogP contribution in [0.4, 0.5) is 5.82 Å². The van der Waals surface area contributed by atoms with Crippen LogP contribution in [-0.4, -0.2) is 33.5 Å². The highest BCUT2D eigenvalue weighted by Gasteiger charge is 2.24. The van der Waals surface area contributed by atoms with Crippen LogP contribution < -0.4 is 4.90 Å². The van der Waals surface area contributed by atoms with Gasteiger partial charge in [-0.15, -0.1) is 0 Å². The van der Waals surface area contributed by atoms with Crippen LogP contribution in [-0.2, 0) is 4.79 Å². The van der Waals surface area contributed by atoms with Gasteiger partial charge in [-0.1, -0.05) is 0 Å². The van der Waals surface area contributed by atoms with Gasteiger partial charge in [-0.3, -0.25) is 4.79 Å². The number of hydrogen-bond donors (Lipinski definition) is 0. The van der Waals surface area contributed by atoms with Gasteiger partial charge in [0, 0.05) is 31.4 Å². The zero-order chi connectivity index (χ0) is 13.4. The van der Waals surface area contributed by atoms with Crippen LogP contribution in [0.3, 0.4) is 0 Å². The fourth-order valence-corrected chi connectivity index (χ4v) is 2.77. The van der Waals surface area contributed by atoms with E-state index in [-0.39, 0.29) is 5.92 Å². The molecule has 1 aliphatic heterocycles. The molecule has 1 aliphatic rings. The van der Waals surface area contributed by atoms with Crippen LogP contribution in [0.25, 0.3) is 5.52 Å². The van der Waals surface area contributed by atoms with Gasteiger partial charge in [0.2, 0.25) is 0 Å². The van der Waals surface area contributed by atoms with Gasteiger partial charge in [0.05, 0.1) is 5.69 Å². The molecular weight excluding hydrogens is 240 g/mol. The first kappa shape index (κ1) is 12.1. The summed E-state index contributed by atoms with van der Waals surface area (Å²) >= 11 is 0. The number of piperidine rings is 1. The second-order valence-corrected chi connectivity index (χ2v) is 5.24. The number of carbonyl (C=O) groups excluding carboxylic acids is 1. The summed E-state index contributed by atoms with van der Waals surface area (Å²) in [6.07, 6.45) is 5.50. The molecule has 0 aliphatic carbocycles. The highest BCUT2D eigenvalue weighted by molar-refractivity contribution is 5.79. The lowest BCUT2D eigenvalue weighted by Crippen LogP contribution is -2.36. The Labute approximate surface area is 112 Å². The normalized spacial score (nSPS) is 17.1. The summed E-state index contributed by atoms with van der Waals surface area (Å²) in [5, 5.41) is 4.41. The Morgan fingerprint density at radius 3 is 2.79 bits per heavy atom. The van der Waals surface area contributed by atoms with Gasteiger partial charge in [0.25, 0.3) is 0 Å². The lowest BCUT2D eigenvalue weighted by molar-refractivity contribution is -0.121. The molecule has 0 atom stereocenters. The number of hydrogen-bond acceptors (Lipinski definition) is 4. The quantitative estimate of drug-likeness (QED) is 0.824. The van der Waals surface area contributed by atoms with E-state index in [2.05, 4.69) is 21.0 Å². The van der Waals surface area contributed by atoms with Crippen molar-refractivity contribution in [3.63, 3.8) is 0 Å². The Morgan fingerprint density at radius 2 is 2.11 bits per heavy atom. The van der Waals surface area contributed by atoms with Gasteiger partial charge in [0.1, 0.15) is 11.3 Å². The molecule has 2 aromatic rings. The number of rotatable bonds is 2. The summed E-state index contributed by atoms with van der Waals surface area (Å²) in [7, 11) is 0. The van der Waals surface area contributed by atoms with Gasteiger partial charge in [-0.05, 0) is 32.8 Å². The highest BCUT2D eigenvalue weighted by Crippen LogP contribution is 2.25. The van der Waals surface area contributed by atoms with Gasteiger partial charge in [-0.2, -0.15) is 5.10 Å². The summed E-state index contributed by atoms with van der Waals surface area (Å²) in [6.45, 7) is 5.46. The molecule has 0 spiro atoms. The van der Waals surface area contributed by atoms with Crippen LogP contribution in [0.2, 0.25) is 0 Å². The third-order valence-electron chi connectivity index (χ3n) is 3.86.